The van der Waals surface area contributed by atoms with Crippen LogP contribution in [0, 0.1) is 11.8 Å². The lowest BCUT2D eigenvalue weighted by Crippen LogP contribution is -2.58. The molecule has 1 saturated heterocycles. The number of alkyl carbamates (subject to hydrolysis) is 1. The number of likely N-dealkylation sites (tertiary alicyclic amines) is 1. The highest BCUT2D eigenvalue weighted by Gasteiger charge is 2.43. The van der Waals surface area contributed by atoms with Gasteiger partial charge in [0, 0.05) is 13.1 Å². The second kappa shape index (κ2) is 17.7. The van der Waals surface area contributed by atoms with Crippen LogP contribution in [0.1, 0.15) is 90.2 Å². The summed E-state index contributed by atoms with van der Waals surface area (Å²) >= 11 is 0. The van der Waals surface area contributed by atoms with Crippen molar-refractivity contribution in [1.29, 1.82) is 0 Å². The first kappa shape index (κ1) is 35.8. The van der Waals surface area contributed by atoms with E-state index >= 15 is 0 Å². The van der Waals surface area contributed by atoms with Crippen molar-refractivity contribution in [3.05, 3.63) is 48.0 Å². The third-order valence-corrected chi connectivity index (χ3v) is 8.81. The zero-order chi connectivity index (χ0) is 32.9. The molecule has 1 aromatic carbocycles. The summed E-state index contributed by atoms with van der Waals surface area (Å²) in [4.78, 5) is 67.3. The quantitative estimate of drug-likeness (QED) is 0.235. The van der Waals surface area contributed by atoms with Crippen LogP contribution in [0.3, 0.4) is 0 Å². The number of carbonyl (C=O) groups excluding carboxylic acids is 5. The number of ether oxygens (including phenoxy) is 1. The average molecular weight is 625 g/mol. The fourth-order valence-electron chi connectivity index (χ4n) is 6.51. The molecule has 1 aliphatic heterocycles. The molecule has 1 heterocycles. The number of hydrogen-bond donors (Lipinski definition) is 3. The molecule has 3 aliphatic rings. The van der Waals surface area contributed by atoms with Crippen molar-refractivity contribution < 1.29 is 28.7 Å². The Balaban J connectivity index is 0.00000177. The smallest absolute Gasteiger partial charge is 0.408 e. The first-order chi connectivity index (χ1) is 21.6. The van der Waals surface area contributed by atoms with Gasteiger partial charge in [-0.2, -0.15) is 0 Å². The summed E-state index contributed by atoms with van der Waals surface area (Å²) in [6.45, 7) is 12.2. The molecule has 10 heteroatoms. The number of fused-ring (bicyclic) bond motifs is 1. The van der Waals surface area contributed by atoms with Crippen molar-refractivity contribution >= 4 is 29.6 Å². The van der Waals surface area contributed by atoms with Crippen LogP contribution in [0.15, 0.2) is 36.9 Å². The van der Waals surface area contributed by atoms with Gasteiger partial charge in [0.05, 0.1) is 6.04 Å². The second-order valence-corrected chi connectivity index (χ2v) is 12.5. The minimum absolute atomic E-state index is 0.143. The molecule has 2 aliphatic carbocycles. The predicted octanol–water partition coefficient (Wildman–Crippen LogP) is 4.25. The van der Waals surface area contributed by atoms with Crippen molar-refractivity contribution in [2.45, 2.75) is 116 Å². The summed E-state index contributed by atoms with van der Waals surface area (Å²) in [6.07, 6.45) is 7.91. The Bertz CT molecular complexity index is 1180. The molecular weight excluding hydrogens is 572 g/mol. The summed E-state index contributed by atoms with van der Waals surface area (Å²) < 4.78 is 5.75. The Hall–Kier alpha value is -3.69. The van der Waals surface area contributed by atoms with Crippen molar-refractivity contribution in [3.63, 3.8) is 0 Å². The number of benzene rings is 1. The van der Waals surface area contributed by atoms with E-state index in [0.717, 1.165) is 30.4 Å². The van der Waals surface area contributed by atoms with Crippen molar-refractivity contribution in [2.24, 2.45) is 11.8 Å². The zero-order valence-corrected chi connectivity index (χ0v) is 27.4. The molecule has 3 N–H and O–H groups in total. The molecule has 1 saturated carbocycles. The molecule has 5 atom stereocenters. The highest BCUT2D eigenvalue weighted by molar-refractivity contribution is 6.38. The third-order valence-electron chi connectivity index (χ3n) is 8.81. The number of carbonyl (C=O) groups is 5. The SMILES string of the molecule is C=CCNC(=O)C(=O)C(CCC)NC(=O)[C@@H]1CCCN1C(=O)[C@@H](NC(=O)OC1CCC[C@@H]1C)C1Cc2ccccc2C1.CCC. The minimum Gasteiger partial charge on any atom is -0.446 e. The maximum atomic E-state index is 14.1. The van der Waals surface area contributed by atoms with Gasteiger partial charge < -0.3 is 25.6 Å². The van der Waals surface area contributed by atoms with Gasteiger partial charge in [-0.25, -0.2) is 4.79 Å². The maximum absolute atomic E-state index is 14.1. The molecule has 0 aromatic heterocycles. The molecule has 10 nitrogen and oxygen atoms in total. The van der Waals surface area contributed by atoms with Gasteiger partial charge in [-0.3, -0.25) is 19.2 Å². The van der Waals surface area contributed by atoms with E-state index < -0.39 is 41.8 Å². The van der Waals surface area contributed by atoms with Gasteiger partial charge in [0.2, 0.25) is 17.6 Å². The first-order valence-electron chi connectivity index (χ1n) is 16.7. The van der Waals surface area contributed by atoms with Crippen LogP contribution in [-0.2, 0) is 36.8 Å². The molecule has 1 aromatic rings. The lowest BCUT2D eigenvalue weighted by Gasteiger charge is -2.32. The molecule has 4 rings (SSSR count). The van der Waals surface area contributed by atoms with E-state index in [1.54, 1.807) is 0 Å². The van der Waals surface area contributed by atoms with E-state index in [2.05, 4.69) is 43.3 Å². The minimum atomic E-state index is -0.994. The topological polar surface area (TPSA) is 134 Å². The fraction of sp³-hybridized carbons (Fsp3) is 0.629. The highest BCUT2D eigenvalue weighted by Crippen LogP contribution is 2.32. The molecule has 0 bridgehead atoms. The van der Waals surface area contributed by atoms with E-state index in [4.69, 9.17) is 4.74 Å². The van der Waals surface area contributed by atoms with Gasteiger partial charge in [-0.15, -0.1) is 6.58 Å². The number of hydrogen-bond acceptors (Lipinski definition) is 6. The third kappa shape index (κ3) is 9.65. The van der Waals surface area contributed by atoms with Crippen LogP contribution in [0.25, 0.3) is 0 Å². The predicted molar refractivity (Wildman–Crippen MR) is 173 cm³/mol. The normalized spacial score (nSPS) is 21.9. The van der Waals surface area contributed by atoms with Crippen LogP contribution in [0.5, 0.6) is 0 Å². The molecule has 0 spiro atoms. The number of nitrogens with zero attached hydrogens (tertiary/aromatic N) is 1. The van der Waals surface area contributed by atoms with Crippen molar-refractivity contribution in [2.75, 3.05) is 13.1 Å². The van der Waals surface area contributed by atoms with Crippen LogP contribution in [-0.4, -0.2) is 71.8 Å². The number of rotatable bonds is 12. The Morgan fingerprint density at radius 2 is 1.67 bits per heavy atom. The summed E-state index contributed by atoms with van der Waals surface area (Å²) in [5.41, 5.74) is 2.29. The number of nitrogens with one attached hydrogen (secondary N) is 3. The standard InChI is InChI=1S/C32H44N4O6.C3H8/c1-4-10-24(28(37)30(39)33-16-5-2)34-29(38)25-14-9-17-36(25)31(40)27(23-18-21-12-6-7-13-22(21)19-23)35-32(41)42-26-15-8-11-20(26)3;1-3-2/h5-7,12-13,20,23-27H,2,4,8-11,14-19H2,1,3H3,(H,33,39)(H,34,38)(H,35,41);3H2,1-2H3/t20-,24?,25-,26?,27-;/m0./s1. The Morgan fingerprint density at radius 1 is 1.00 bits per heavy atom. The molecule has 2 fully saturated rings. The van der Waals surface area contributed by atoms with Crippen LogP contribution < -0.4 is 16.0 Å². The molecule has 45 heavy (non-hydrogen) atoms. The van der Waals surface area contributed by atoms with Gasteiger partial charge in [0.25, 0.3) is 5.91 Å². The molecular formula is C35H52N4O6. The van der Waals surface area contributed by atoms with E-state index in [0.29, 0.717) is 45.1 Å². The number of amides is 4. The molecule has 4 amide bonds. The van der Waals surface area contributed by atoms with E-state index in [9.17, 15) is 24.0 Å². The summed E-state index contributed by atoms with van der Waals surface area (Å²) in [6, 6.07) is 5.34. The van der Waals surface area contributed by atoms with Gasteiger partial charge in [0.1, 0.15) is 18.2 Å². The molecule has 2 unspecified atom stereocenters. The van der Waals surface area contributed by atoms with Crippen LogP contribution in [0.2, 0.25) is 0 Å². The number of Topliss-reactive ketones (excluding diaryl/α,β-unsaturated/α-hetero) is 1. The van der Waals surface area contributed by atoms with Crippen molar-refractivity contribution in [1.82, 2.24) is 20.9 Å². The summed E-state index contributed by atoms with van der Waals surface area (Å²) in [5.74, 6) is -2.23. The largest absolute Gasteiger partial charge is 0.446 e. The Labute approximate surface area is 268 Å². The van der Waals surface area contributed by atoms with Gasteiger partial charge >= 0.3 is 6.09 Å². The fourth-order valence-corrected chi connectivity index (χ4v) is 6.51. The monoisotopic (exact) mass is 624 g/mol. The van der Waals surface area contributed by atoms with E-state index in [1.165, 1.54) is 17.4 Å². The molecule has 0 radical (unpaired) electrons. The maximum Gasteiger partial charge on any atom is 0.408 e. The summed E-state index contributed by atoms with van der Waals surface area (Å²) in [5, 5.41) is 8.10. The van der Waals surface area contributed by atoms with Crippen LogP contribution >= 0.6 is 0 Å². The zero-order valence-electron chi connectivity index (χ0n) is 27.4. The van der Waals surface area contributed by atoms with E-state index in [-0.39, 0.29) is 30.4 Å². The highest BCUT2D eigenvalue weighted by atomic mass is 16.6. The van der Waals surface area contributed by atoms with Gasteiger partial charge in [0.15, 0.2) is 0 Å². The van der Waals surface area contributed by atoms with Crippen LogP contribution in [0.4, 0.5) is 4.79 Å². The second-order valence-electron chi connectivity index (χ2n) is 12.5. The Morgan fingerprint density at radius 3 is 2.24 bits per heavy atom. The Kier molecular flexibility index (Phi) is 14.1. The van der Waals surface area contributed by atoms with Crippen molar-refractivity contribution in [3.8, 4) is 0 Å². The first-order valence-corrected chi connectivity index (χ1v) is 16.7. The molecule has 248 valence electrons. The van der Waals surface area contributed by atoms with Gasteiger partial charge in [-0.05, 0) is 74.3 Å². The van der Waals surface area contributed by atoms with E-state index in [1.807, 2.05) is 31.2 Å². The lowest BCUT2D eigenvalue weighted by atomic mass is 9.95. The van der Waals surface area contributed by atoms with Gasteiger partial charge in [-0.1, -0.05) is 70.9 Å². The number of ketones is 1. The average Bonchev–Trinajstić information content (AvgIpc) is 3.78. The lowest BCUT2D eigenvalue weighted by molar-refractivity contribution is -0.143. The summed E-state index contributed by atoms with van der Waals surface area (Å²) in [7, 11) is 0.